The molecule has 2 aromatic carbocycles. The first-order chi connectivity index (χ1) is 11.9. The maximum atomic E-state index is 12.0. The third kappa shape index (κ3) is 5.37. The molecular formula is C18H16Cl2O5. The molecule has 0 aliphatic rings. The number of halogens is 2. The number of benzene rings is 2. The molecule has 0 aromatic heterocycles. The number of hydrogen-bond donors (Lipinski definition) is 0. The summed E-state index contributed by atoms with van der Waals surface area (Å²) >= 11 is 11.9. The van der Waals surface area contributed by atoms with E-state index in [0.29, 0.717) is 27.1 Å². The van der Waals surface area contributed by atoms with Crippen LogP contribution in [0, 0.1) is 6.92 Å². The lowest BCUT2D eigenvalue weighted by Crippen LogP contribution is -2.19. The minimum Gasteiger partial charge on any atom is -0.495 e. The third-order valence-electron chi connectivity index (χ3n) is 3.27. The molecule has 0 aliphatic heterocycles. The van der Waals surface area contributed by atoms with Crippen LogP contribution in [-0.4, -0.2) is 32.1 Å². The Morgan fingerprint density at radius 1 is 0.960 bits per heavy atom. The zero-order valence-corrected chi connectivity index (χ0v) is 15.2. The van der Waals surface area contributed by atoms with Gasteiger partial charge in [0.15, 0.2) is 19.0 Å². The van der Waals surface area contributed by atoms with Crippen LogP contribution in [0.1, 0.15) is 15.9 Å². The van der Waals surface area contributed by atoms with E-state index in [1.807, 2.05) is 13.0 Å². The summed E-state index contributed by atoms with van der Waals surface area (Å²) in [4.78, 5) is 23.8. The topological polar surface area (TPSA) is 61.8 Å². The summed E-state index contributed by atoms with van der Waals surface area (Å²) in [5.41, 5.74) is 1.26. The highest BCUT2D eigenvalue weighted by molar-refractivity contribution is 6.32. The van der Waals surface area contributed by atoms with Gasteiger partial charge in [0.25, 0.3) is 0 Å². The van der Waals surface area contributed by atoms with Crippen molar-refractivity contribution in [3.05, 3.63) is 57.6 Å². The molecule has 0 heterocycles. The lowest BCUT2D eigenvalue weighted by atomic mass is 10.1. The molecule has 7 heteroatoms. The minimum absolute atomic E-state index is 0.303. The van der Waals surface area contributed by atoms with Crippen LogP contribution in [0.5, 0.6) is 11.5 Å². The second-order valence-electron chi connectivity index (χ2n) is 5.16. The van der Waals surface area contributed by atoms with E-state index in [9.17, 15) is 9.59 Å². The Morgan fingerprint density at radius 3 is 2.40 bits per heavy atom. The van der Waals surface area contributed by atoms with E-state index in [4.69, 9.17) is 37.4 Å². The molecule has 0 amide bonds. The third-order valence-corrected chi connectivity index (χ3v) is 3.88. The van der Waals surface area contributed by atoms with Gasteiger partial charge in [-0.05, 0) is 42.8 Å². The van der Waals surface area contributed by atoms with Crippen molar-refractivity contribution in [2.45, 2.75) is 6.92 Å². The van der Waals surface area contributed by atoms with Crippen LogP contribution >= 0.6 is 23.2 Å². The lowest BCUT2D eigenvalue weighted by molar-refractivity contribution is -0.144. The average molecular weight is 383 g/mol. The quantitative estimate of drug-likeness (QED) is 0.532. The highest BCUT2D eigenvalue weighted by Gasteiger charge is 2.13. The summed E-state index contributed by atoms with van der Waals surface area (Å²) in [5, 5.41) is 0.694. The fourth-order valence-corrected chi connectivity index (χ4v) is 2.40. The van der Waals surface area contributed by atoms with E-state index >= 15 is 0 Å². The Kier molecular flexibility index (Phi) is 6.67. The number of esters is 1. The Balaban J connectivity index is 1.86. The molecule has 0 atom stereocenters. The highest BCUT2D eigenvalue weighted by atomic mass is 35.5. The second kappa shape index (κ2) is 8.74. The number of aryl methyl sites for hydroxylation is 1. The van der Waals surface area contributed by atoms with Crippen molar-refractivity contribution in [3.8, 4) is 11.5 Å². The molecule has 0 saturated carbocycles. The van der Waals surface area contributed by atoms with Gasteiger partial charge in [-0.1, -0.05) is 29.3 Å². The number of carbonyl (C=O) groups is 2. The SMILES string of the molecule is COc1ccc(C(=O)COC(=O)COc2cc(C)ccc2Cl)cc1Cl. The fraction of sp³-hybridized carbons (Fsp3) is 0.222. The van der Waals surface area contributed by atoms with Crippen LogP contribution in [0.15, 0.2) is 36.4 Å². The van der Waals surface area contributed by atoms with Gasteiger partial charge in [-0.15, -0.1) is 0 Å². The maximum Gasteiger partial charge on any atom is 0.344 e. The zero-order valence-electron chi connectivity index (χ0n) is 13.7. The number of carbonyl (C=O) groups excluding carboxylic acids is 2. The predicted octanol–water partition coefficient (Wildman–Crippen LogP) is 4.12. The van der Waals surface area contributed by atoms with Gasteiger partial charge in [0, 0.05) is 5.56 Å². The largest absolute Gasteiger partial charge is 0.495 e. The van der Waals surface area contributed by atoms with Crippen LogP contribution in [0.4, 0.5) is 0 Å². The molecule has 2 aromatic rings. The number of Topliss-reactive ketones (excluding diaryl/α,β-unsaturated/α-hetero) is 1. The summed E-state index contributed by atoms with van der Waals surface area (Å²) < 4.78 is 15.2. The Labute approximate surface area is 155 Å². The van der Waals surface area contributed by atoms with Crippen LogP contribution < -0.4 is 9.47 Å². The molecule has 132 valence electrons. The second-order valence-corrected chi connectivity index (χ2v) is 5.97. The number of ketones is 1. The number of ether oxygens (including phenoxy) is 3. The van der Waals surface area contributed by atoms with E-state index in [1.54, 1.807) is 24.3 Å². The normalized spacial score (nSPS) is 10.2. The molecule has 0 N–H and O–H groups in total. The summed E-state index contributed by atoms with van der Waals surface area (Å²) in [6.45, 7) is 1.12. The smallest absolute Gasteiger partial charge is 0.344 e. The first-order valence-electron chi connectivity index (χ1n) is 7.32. The molecule has 0 saturated heterocycles. The van der Waals surface area contributed by atoms with E-state index < -0.39 is 12.6 Å². The van der Waals surface area contributed by atoms with E-state index in [-0.39, 0.29) is 12.4 Å². The lowest BCUT2D eigenvalue weighted by Gasteiger charge is -2.09. The minimum atomic E-state index is -0.675. The van der Waals surface area contributed by atoms with Gasteiger partial charge in [-0.25, -0.2) is 4.79 Å². The number of methoxy groups -OCH3 is 1. The molecule has 0 unspecified atom stereocenters. The predicted molar refractivity (Wildman–Crippen MR) is 95.0 cm³/mol. The summed E-state index contributed by atoms with van der Waals surface area (Å²) in [6, 6.07) is 9.78. The molecule has 0 aliphatic carbocycles. The molecule has 0 radical (unpaired) electrons. The van der Waals surface area contributed by atoms with Crippen LogP contribution in [0.25, 0.3) is 0 Å². The molecular weight excluding hydrogens is 367 g/mol. The van der Waals surface area contributed by atoms with Crippen molar-refractivity contribution in [2.75, 3.05) is 20.3 Å². The summed E-state index contributed by atoms with van der Waals surface area (Å²) in [5.74, 6) is -0.220. The molecule has 0 fully saturated rings. The van der Waals surface area contributed by atoms with Gasteiger partial charge in [0.1, 0.15) is 11.5 Å². The van der Waals surface area contributed by atoms with Crippen molar-refractivity contribution in [2.24, 2.45) is 0 Å². The number of rotatable bonds is 7. The van der Waals surface area contributed by atoms with Crippen LogP contribution in [0.3, 0.4) is 0 Å². The molecule has 5 nitrogen and oxygen atoms in total. The van der Waals surface area contributed by atoms with Gasteiger partial charge in [0.2, 0.25) is 0 Å². The van der Waals surface area contributed by atoms with Crippen molar-refractivity contribution in [3.63, 3.8) is 0 Å². The first kappa shape index (κ1) is 19.1. The molecule has 0 bridgehead atoms. The average Bonchev–Trinajstić information content (AvgIpc) is 2.60. The standard InChI is InChI=1S/C18H16Cl2O5/c1-11-3-5-13(19)17(7-11)24-10-18(22)25-9-15(21)12-4-6-16(23-2)14(20)8-12/h3-8H,9-10H2,1-2H3. The molecule has 0 spiro atoms. The van der Waals surface area contributed by atoms with Crippen LogP contribution in [-0.2, 0) is 9.53 Å². The molecule has 25 heavy (non-hydrogen) atoms. The first-order valence-corrected chi connectivity index (χ1v) is 8.07. The van der Waals surface area contributed by atoms with E-state index in [0.717, 1.165) is 5.56 Å². The number of hydrogen-bond acceptors (Lipinski definition) is 5. The van der Waals surface area contributed by atoms with Gasteiger partial charge in [0.05, 0.1) is 17.2 Å². The van der Waals surface area contributed by atoms with E-state index in [2.05, 4.69) is 0 Å². The van der Waals surface area contributed by atoms with Gasteiger partial charge < -0.3 is 14.2 Å². The van der Waals surface area contributed by atoms with Crippen LogP contribution in [0.2, 0.25) is 10.0 Å². The Bertz CT molecular complexity index is 789. The van der Waals surface area contributed by atoms with Crippen molar-refractivity contribution in [1.82, 2.24) is 0 Å². The van der Waals surface area contributed by atoms with Crippen molar-refractivity contribution in [1.29, 1.82) is 0 Å². The Morgan fingerprint density at radius 2 is 1.72 bits per heavy atom. The Hall–Kier alpha value is -2.24. The monoisotopic (exact) mass is 382 g/mol. The highest BCUT2D eigenvalue weighted by Crippen LogP contribution is 2.26. The van der Waals surface area contributed by atoms with Crippen molar-refractivity contribution >= 4 is 35.0 Å². The summed E-state index contributed by atoms with van der Waals surface area (Å²) in [6.07, 6.45) is 0. The van der Waals surface area contributed by atoms with Crippen molar-refractivity contribution < 1.29 is 23.8 Å². The summed E-state index contributed by atoms with van der Waals surface area (Å²) in [7, 11) is 1.48. The molecule has 2 rings (SSSR count). The van der Waals surface area contributed by atoms with E-state index in [1.165, 1.54) is 13.2 Å². The van der Waals surface area contributed by atoms with Gasteiger partial charge >= 0.3 is 5.97 Å². The van der Waals surface area contributed by atoms with Gasteiger partial charge in [-0.3, -0.25) is 4.79 Å². The maximum absolute atomic E-state index is 12.0. The fourth-order valence-electron chi connectivity index (χ4n) is 1.97. The van der Waals surface area contributed by atoms with Gasteiger partial charge in [-0.2, -0.15) is 0 Å². The zero-order chi connectivity index (χ0) is 18.4.